The Morgan fingerprint density at radius 2 is 1.92 bits per heavy atom. The van der Waals surface area contributed by atoms with E-state index in [1.165, 1.54) is 11.5 Å². The van der Waals surface area contributed by atoms with Crippen molar-refractivity contribution < 1.29 is 9.59 Å². The van der Waals surface area contributed by atoms with Crippen LogP contribution in [0.2, 0.25) is 0 Å². The Labute approximate surface area is 145 Å². The third kappa shape index (κ3) is 3.47. The highest BCUT2D eigenvalue weighted by Gasteiger charge is 2.25. The number of benzene rings is 1. The molecule has 2 heterocycles. The summed E-state index contributed by atoms with van der Waals surface area (Å²) in [6.07, 6.45) is 2.91. The Bertz CT molecular complexity index is 871. The Morgan fingerprint density at radius 3 is 2.56 bits per heavy atom. The van der Waals surface area contributed by atoms with Crippen molar-refractivity contribution in [3.05, 3.63) is 69.1 Å². The molecule has 0 spiro atoms. The number of fused-ring (bicyclic) bond motifs is 1. The minimum absolute atomic E-state index is 0.0201. The van der Waals surface area contributed by atoms with Gasteiger partial charge in [-0.1, -0.05) is 30.3 Å². The van der Waals surface area contributed by atoms with Gasteiger partial charge in [0.25, 0.3) is 11.5 Å². The Hall–Kier alpha value is -2.89. The highest BCUT2D eigenvalue weighted by atomic mass is 16.2. The number of amides is 2. The number of primary amides is 1. The summed E-state index contributed by atoms with van der Waals surface area (Å²) in [7, 11) is 0. The molecule has 0 fully saturated rings. The number of aryl methyl sites for hydroxylation is 2. The molecule has 0 aliphatic carbocycles. The highest BCUT2D eigenvalue weighted by molar-refractivity contribution is 5.94. The third-order valence-corrected chi connectivity index (χ3v) is 4.64. The molecule has 2 amide bonds. The van der Waals surface area contributed by atoms with Crippen LogP contribution in [-0.2, 0) is 30.7 Å². The fraction of sp³-hybridized carbons (Fsp3) is 0.316. The molecule has 2 aromatic rings. The maximum atomic E-state index is 12.7. The smallest absolute Gasteiger partial charge is 0.263 e. The van der Waals surface area contributed by atoms with Crippen molar-refractivity contribution >= 4 is 11.8 Å². The van der Waals surface area contributed by atoms with E-state index in [9.17, 15) is 14.4 Å². The van der Waals surface area contributed by atoms with Crippen LogP contribution in [-0.4, -0.2) is 27.8 Å². The molecule has 3 rings (SSSR count). The number of aromatic nitrogens is 1. The zero-order chi connectivity index (χ0) is 18.0. The fourth-order valence-electron chi connectivity index (χ4n) is 3.29. The minimum atomic E-state index is -0.702. The molecule has 6 heteroatoms. The number of carbonyl (C=O) groups is 2. The van der Waals surface area contributed by atoms with Crippen LogP contribution in [0.25, 0.3) is 0 Å². The molecule has 25 heavy (non-hydrogen) atoms. The molecule has 0 atom stereocenters. The van der Waals surface area contributed by atoms with Crippen LogP contribution in [0.4, 0.5) is 0 Å². The van der Waals surface area contributed by atoms with Crippen LogP contribution < -0.4 is 11.3 Å². The lowest BCUT2D eigenvalue weighted by Gasteiger charge is -2.29. The van der Waals surface area contributed by atoms with Gasteiger partial charge in [-0.3, -0.25) is 14.4 Å². The maximum absolute atomic E-state index is 12.7. The van der Waals surface area contributed by atoms with Crippen molar-refractivity contribution in [3.63, 3.8) is 0 Å². The molecule has 1 aromatic carbocycles. The molecular weight excluding hydrogens is 318 g/mol. The number of nitrogens with two attached hydrogens (primary N) is 1. The third-order valence-electron chi connectivity index (χ3n) is 4.64. The van der Waals surface area contributed by atoms with Crippen LogP contribution in [0.1, 0.15) is 34.0 Å². The average molecular weight is 339 g/mol. The lowest BCUT2D eigenvalue weighted by atomic mass is 9.96. The molecule has 0 bridgehead atoms. The zero-order valence-electron chi connectivity index (χ0n) is 14.2. The lowest BCUT2D eigenvalue weighted by Crippen LogP contribution is -2.39. The van der Waals surface area contributed by atoms with Gasteiger partial charge in [-0.15, -0.1) is 0 Å². The summed E-state index contributed by atoms with van der Waals surface area (Å²) < 4.78 is 1.54. The van der Waals surface area contributed by atoms with Crippen molar-refractivity contribution in [2.24, 2.45) is 5.73 Å². The average Bonchev–Trinajstić information content (AvgIpc) is 2.60. The second-order valence-corrected chi connectivity index (χ2v) is 6.30. The molecule has 0 unspecified atom stereocenters. The van der Waals surface area contributed by atoms with Gasteiger partial charge in [-0.2, -0.15) is 0 Å². The molecule has 0 radical (unpaired) electrons. The molecule has 2 N–H and O–H groups in total. The molecule has 0 saturated heterocycles. The summed E-state index contributed by atoms with van der Waals surface area (Å²) in [5.74, 6) is -0.722. The van der Waals surface area contributed by atoms with E-state index in [1.54, 1.807) is 11.1 Å². The lowest BCUT2D eigenvalue weighted by molar-refractivity contribution is -0.129. The van der Waals surface area contributed by atoms with E-state index in [2.05, 4.69) is 0 Å². The zero-order valence-corrected chi connectivity index (χ0v) is 14.2. The standard InChI is InChI=1S/C19H21N3O3/c1-13(23)21-10-8-16-15(11-21)12-22(19(25)17(16)18(20)24)9-7-14-5-3-2-4-6-14/h2-6,12H,7-11H2,1H3,(H2,20,24). The van der Waals surface area contributed by atoms with Crippen LogP contribution in [0.5, 0.6) is 0 Å². The molecule has 1 aliphatic rings. The number of carbonyl (C=O) groups excluding carboxylic acids is 2. The molecular formula is C19H21N3O3. The summed E-state index contributed by atoms with van der Waals surface area (Å²) in [5, 5.41) is 0. The van der Waals surface area contributed by atoms with Crippen LogP contribution in [0.3, 0.4) is 0 Å². The quantitative estimate of drug-likeness (QED) is 0.905. The van der Waals surface area contributed by atoms with Crippen molar-refractivity contribution in [2.45, 2.75) is 32.9 Å². The Kier molecular flexibility index (Phi) is 4.70. The van der Waals surface area contributed by atoms with Crippen LogP contribution in [0, 0.1) is 0 Å². The highest BCUT2D eigenvalue weighted by Crippen LogP contribution is 2.20. The largest absolute Gasteiger partial charge is 0.365 e. The van der Waals surface area contributed by atoms with E-state index < -0.39 is 5.91 Å². The Balaban J connectivity index is 1.97. The van der Waals surface area contributed by atoms with Gasteiger partial charge in [-0.05, 0) is 29.5 Å². The molecule has 6 nitrogen and oxygen atoms in total. The second-order valence-electron chi connectivity index (χ2n) is 6.30. The monoisotopic (exact) mass is 339 g/mol. The molecule has 130 valence electrons. The maximum Gasteiger partial charge on any atom is 0.263 e. The van der Waals surface area contributed by atoms with E-state index >= 15 is 0 Å². The van der Waals surface area contributed by atoms with Crippen molar-refractivity contribution in [1.82, 2.24) is 9.47 Å². The number of hydrogen-bond donors (Lipinski definition) is 1. The topological polar surface area (TPSA) is 85.4 Å². The van der Waals surface area contributed by atoms with Crippen molar-refractivity contribution in [2.75, 3.05) is 6.54 Å². The number of nitrogens with zero attached hydrogens (tertiary/aromatic N) is 2. The van der Waals surface area contributed by atoms with E-state index in [0.717, 1.165) is 11.1 Å². The van der Waals surface area contributed by atoms with Gasteiger partial charge >= 0.3 is 0 Å². The van der Waals surface area contributed by atoms with E-state index in [1.807, 2.05) is 30.3 Å². The van der Waals surface area contributed by atoms with Crippen LogP contribution >= 0.6 is 0 Å². The Morgan fingerprint density at radius 1 is 1.20 bits per heavy atom. The van der Waals surface area contributed by atoms with E-state index in [-0.39, 0.29) is 17.0 Å². The van der Waals surface area contributed by atoms with Crippen molar-refractivity contribution in [1.29, 1.82) is 0 Å². The fourth-order valence-corrected chi connectivity index (χ4v) is 3.29. The normalized spacial score (nSPS) is 13.4. The predicted molar refractivity (Wildman–Crippen MR) is 94.2 cm³/mol. The van der Waals surface area contributed by atoms with Crippen LogP contribution in [0.15, 0.2) is 41.3 Å². The summed E-state index contributed by atoms with van der Waals surface area (Å²) in [6.45, 7) is 2.87. The molecule has 1 aromatic heterocycles. The van der Waals surface area contributed by atoms with Gasteiger partial charge in [0, 0.05) is 32.8 Å². The first-order chi connectivity index (χ1) is 12.0. The molecule has 1 aliphatic heterocycles. The van der Waals surface area contributed by atoms with Crippen molar-refractivity contribution in [3.8, 4) is 0 Å². The van der Waals surface area contributed by atoms with Gasteiger partial charge in [-0.25, -0.2) is 0 Å². The predicted octanol–water partition coefficient (Wildman–Crippen LogP) is 1.09. The number of hydrogen-bond acceptors (Lipinski definition) is 3. The second kappa shape index (κ2) is 6.93. The van der Waals surface area contributed by atoms with Gasteiger partial charge in [0.1, 0.15) is 5.56 Å². The van der Waals surface area contributed by atoms with Gasteiger partial charge in [0.05, 0.1) is 0 Å². The first-order valence-electron chi connectivity index (χ1n) is 8.32. The SMILES string of the molecule is CC(=O)N1CCc2c(cn(CCc3ccccc3)c(=O)c2C(N)=O)C1. The van der Waals surface area contributed by atoms with Gasteiger partial charge in [0.2, 0.25) is 5.91 Å². The summed E-state index contributed by atoms with van der Waals surface area (Å²) in [5.41, 5.74) is 7.81. The van der Waals surface area contributed by atoms with Gasteiger partial charge in [0.15, 0.2) is 0 Å². The summed E-state index contributed by atoms with van der Waals surface area (Å²) in [4.78, 5) is 37.9. The summed E-state index contributed by atoms with van der Waals surface area (Å²) in [6, 6.07) is 9.83. The molecule has 0 saturated carbocycles. The summed E-state index contributed by atoms with van der Waals surface area (Å²) >= 11 is 0. The van der Waals surface area contributed by atoms with E-state index in [0.29, 0.717) is 38.0 Å². The minimum Gasteiger partial charge on any atom is -0.365 e. The van der Waals surface area contributed by atoms with Gasteiger partial charge < -0.3 is 15.2 Å². The first kappa shape index (κ1) is 17.0. The number of pyridine rings is 1. The van der Waals surface area contributed by atoms with E-state index in [4.69, 9.17) is 5.73 Å². The number of rotatable bonds is 4. The first-order valence-corrected chi connectivity index (χ1v) is 8.32.